The Morgan fingerprint density at radius 3 is 2.63 bits per heavy atom. The zero-order chi connectivity index (χ0) is 13.7. The third-order valence-electron chi connectivity index (χ3n) is 2.51. The number of rotatable bonds is 3. The first-order valence-corrected chi connectivity index (χ1v) is 6.05. The predicted octanol–water partition coefficient (Wildman–Crippen LogP) is 2.89. The molecule has 0 bridgehead atoms. The van der Waals surface area contributed by atoms with Crippen LogP contribution in [-0.2, 0) is 0 Å². The van der Waals surface area contributed by atoms with E-state index in [4.69, 9.17) is 11.6 Å². The summed E-state index contributed by atoms with van der Waals surface area (Å²) in [7, 11) is 0. The minimum Gasteiger partial charge on any atom is -0.267 e. The SMILES string of the molecule is C/C(=N\NC(=O)c1ccncc1)c1cccc(Cl)c1. The van der Waals surface area contributed by atoms with E-state index in [-0.39, 0.29) is 5.91 Å². The summed E-state index contributed by atoms with van der Waals surface area (Å²) >= 11 is 5.90. The molecule has 1 N–H and O–H groups in total. The second-order valence-electron chi connectivity index (χ2n) is 3.88. The van der Waals surface area contributed by atoms with Gasteiger partial charge in [-0.1, -0.05) is 23.7 Å². The zero-order valence-electron chi connectivity index (χ0n) is 10.3. The van der Waals surface area contributed by atoms with Gasteiger partial charge in [-0.15, -0.1) is 0 Å². The Morgan fingerprint density at radius 1 is 1.21 bits per heavy atom. The van der Waals surface area contributed by atoms with Gasteiger partial charge in [0.1, 0.15) is 0 Å². The van der Waals surface area contributed by atoms with Crippen LogP contribution in [0.3, 0.4) is 0 Å². The highest BCUT2D eigenvalue weighted by Gasteiger charge is 2.04. The molecule has 0 saturated carbocycles. The first-order valence-electron chi connectivity index (χ1n) is 5.67. The molecule has 4 nitrogen and oxygen atoms in total. The molecule has 19 heavy (non-hydrogen) atoms. The van der Waals surface area contributed by atoms with Crippen LogP contribution in [0.1, 0.15) is 22.8 Å². The fourth-order valence-corrected chi connectivity index (χ4v) is 1.67. The van der Waals surface area contributed by atoms with Crippen molar-refractivity contribution in [3.05, 3.63) is 64.9 Å². The number of aromatic nitrogens is 1. The van der Waals surface area contributed by atoms with Crippen LogP contribution < -0.4 is 5.43 Å². The molecule has 0 aliphatic heterocycles. The molecule has 5 heteroatoms. The summed E-state index contributed by atoms with van der Waals surface area (Å²) in [6.07, 6.45) is 3.12. The molecule has 1 heterocycles. The normalized spacial score (nSPS) is 11.2. The summed E-state index contributed by atoms with van der Waals surface area (Å²) in [4.78, 5) is 15.6. The van der Waals surface area contributed by atoms with Crippen molar-refractivity contribution in [2.24, 2.45) is 5.10 Å². The quantitative estimate of drug-likeness (QED) is 0.690. The maximum atomic E-state index is 11.8. The summed E-state index contributed by atoms with van der Waals surface area (Å²) < 4.78 is 0. The van der Waals surface area contributed by atoms with Crippen LogP contribution in [0.4, 0.5) is 0 Å². The van der Waals surface area contributed by atoms with E-state index in [1.54, 1.807) is 43.6 Å². The monoisotopic (exact) mass is 273 g/mol. The van der Waals surface area contributed by atoms with Gasteiger partial charge in [-0.3, -0.25) is 9.78 Å². The molecule has 0 saturated heterocycles. The first-order chi connectivity index (χ1) is 9.16. The molecule has 2 rings (SSSR count). The van der Waals surface area contributed by atoms with Gasteiger partial charge in [-0.25, -0.2) is 5.43 Å². The lowest BCUT2D eigenvalue weighted by Gasteiger charge is -2.03. The fraction of sp³-hybridized carbons (Fsp3) is 0.0714. The Labute approximate surface area is 116 Å². The van der Waals surface area contributed by atoms with Gasteiger partial charge in [0.05, 0.1) is 5.71 Å². The number of pyridine rings is 1. The Kier molecular flexibility index (Phi) is 4.26. The Balaban J connectivity index is 2.09. The molecule has 0 spiro atoms. The van der Waals surface area contributed by atoms with Crippen LogP contribution in [-0.4, -0.2) is 16.6 Å². The molecule has 2 aromatic rings. The maximum absolute atomic E-state index is 11.8. The number of benzene rings is 1. The summed E-state index contributed by atoms with van der Waals surface area (Å²) in [5.74, 6) is -0.274. The lowest BCUT2D eigenvalue weighted by molar-refractivity contribution is 0.0954. The zero-order valence-corrected chi connectivity index (χ0v) is 11.1. The van der Waals surface area contributed by atoms with Crippen molar-refractivity contribution >= 4 is 23.2 Å². The van der Waals surface area contributed by atoms with Crippen molar-refractivity contribution in [1.29, 1.82) is 0 Å². The number of halogens is 1. The van der Waals surface area contributed by atoms with Gasteiger partial charge in [0.2, 0.25) is 0 Å². The van der Waals surface area contributed by atoms with Gasteiger partial charge >= 0.3 is 0 Å². The number of hydrazone groups is 1. The van der Waals surface area contributed by atoms with Crippen molar-refractivity contribution in [3.8, 4) is 0 Å². The standard InChI is InChI=1S/C14H12ClN3O/c1-10(12-3-2-4-13(15)9-12)17-18-14(19)11-5-7-16-8-6-11/h2-9H,1H3,(H,18,19)/b17-10+. The smallest absolute Gasteiger partial charge is 0.267 e. The van der Waals surface area contributed by atoms with Crippen LogP contribution in [0, 0.1) is 0 Å². The van der Waals surface area contributed by atoms with E-state index in [0.717, 1.165) is 5.56 Å². The highest BCUT2D eigenvalue weighted by molar-refractivity contribution is 6.31. The molecule has 96 valence electrons. The predicted molar refractivity (Wildman–Crippen MR) is 75.4 cm³/mol. The number of hydrogen-bond acceptors (Lipinski definition) is 3. The summed E-state index contributed by atoms with van der Waals surface area (Å²) in [6.45, 7) is 1.80. The molecule has 1 aromatic carbocycles. The lowest BCUT2D eigenvalue weighted by Crippen LogP contribution is -2.19. The Bertz CT molecular complexity index is 611. The van der Waals surface area contributed by atoms with Crippen LogP contribution in [0.15, 0.2) is 53.9 Å². The van der Waals surface area contributed by atoms with Crippen LogP contribution in [0.25, 0.3) is 0 Å². The minimum atomic E-state index is -0.274. The van der Waals surface area contributed by atoms with Crippen molar-refractivity contribution < 1.29 is 4.79 Å². The van der Waals surface area contributed by atoms with Gasteiger partial charge in [-0.05, 0) is 36.8 Å². The highest BCUT2D eigenvalue weighted by atomic mass is 35.5. The molecular weight excluding hydrogens is 262 g/mol. The van der Waals surface area contributed by atoms with Crippen molar-refractivity contribution in [3.63, 3.8) is 0 Å². The number of nitrogens with one attached hydrogen (secondary N) is 1. The molecule has 0 aliphatic carbocycles. The van der Waals surface area contributed by atoms with Crippen molar-refractivity contribution in [2.75, 3.05) is 0 Å². The molecule has 1 aromatic heterocycles. The third-order valence-corrected chi connectivity index (χ3v) is 2.75. The van der Waals surface area contributed by atoms with Crippen LogP contribution in [0.2, 0.25) is 5.02 Å². The molecule has 0 unspecified atom stereocenters. The van der Waals surface area contributed by atoms with Gasteiger partial charge < -0.3 is 0 Å². The maximum Gasteiger partial charge on any atom is 0.271 e. The first kappa shape index (κ1) is 13.2. The average Bonchev–Trinajstić information content (AvgIpc) is 2.45. The number of carbonyl (C=O) groups is 1. The fourth-order valence-electron chi connectivity index (χ4n) is 1.48. The number of amides is 1. The second-order valence-corrected chi connectivity index (χ2v) is 4.32. The van der Waals surface area contributed by atoms with E-state index in [1.807, 2.05) is 12.1 Å². The Hall–Kier alpha value is -2.20. The molecule has 0 aliphatic rings. The lowest BCUT2D eigenvalue weighted by atomic mass is 10.1. The number of carbonyl (C=O) groups excluding carboxylic acids is 1. The molecule has 0 fully saturated rings. The van der Waals surface area contributed by atoms with E-state index in [2.05, 4.69) is 15.5 Å². The topological polar surface area (TPSA) is 54.4 Å². The third kappa shape index (κ3) is 3.63. The van der Waals surface area contributed by atoms with E-state index in [9.17, 15) is 4.79 Å². The van der Waals surface area contributed by atoms with Crippen LogP contribution in [0.5, 0.6) is 0 Å². The molecular formula is C14H12ClN3O. The van der Waals surface area contributed by atoms with Gasteiger partial charge in [0.15, 0.2) is 0 Å². The highest BCUT2D eigenvalue weighted by Crippen LogP contribution is 2.11. The summed E-state index contributed by atoms with van der Waals surface area (Å²) in [5.41, 5.74) is 4.56. The minimum absolute atomic E-state index is 0.274. The summed E-state index contributed by atoms with van der Waals surface area (Å²) in [6, 6.07) is 10.5. The number of nitrogens with zero attached hydrogens (tertiary/aromatic N) is 2. The van der Waals surface area contributed by atoms with E-state index < -0.39 is 0 Å². The van der Waals surface area contributed by atoms with Crippen molar-refractivity contribution in [2.45, 2.75) is 6.92 Å². The Morgan fingerprint density at radius 2 is 1.95 bits per heavy atom. The van der Waals surface area contributed by atoms with Gasteiger partial charge in [-0.2, -0.15) is 5.10 Å². The van der Waals surface area contributed by atoms with Crippen LogP contribution >= 0.6 is 11.6 Å². The van der Waals surface area contributed by atoms with E-state index >= 15 is 0 Å². The van der Waals surface area contributed by atoms with Gasteiger partial charge in [0, 0.05) is 23.0 Å². The summed E-state index contributed by atoms with van der Waals surface area (Å²) in [5, 5.41) is 4.68. The van der Waals surface area contributed by atoms with Gasteiger partial charge in [0.25, 0.3) is 5.91 Å². The molecule has 0 radical (unpaired) electrons. The number of hydrogen-bond donors (Lipinski definition) is 1. The van der Waals surface area contributed by atoms with E-state index in [0.29, 0.717) is 16.3 Å². The molecule has 1 amide bonds. The van der Waals surface area contributed by atoms with E-state index in [1.165, 1.54) is 0 Å². The second kappa shape index (κ2) is 6.11. The average molecular weight is 274 g/mol. The van der Waals surface area contributed by atoms with Crippen molar-refractivity contribution in [1.82, 2.24) is 10.4 Å². The molecule has 0 atom stereocenters. The largest absolute Gasteiger partial charge is 0.271 e.